The summed E-state index contributed by atoms with van der Waals surface area (Å²) in [6, 6.07) is 0. The second-order valence-electron chi connectivity index (χ2n) is 4.61. The van der Waals surface area contributed by atoms with Crippen molar-refractivity contribution < 1.29 is 4.79 Å². The van der Waals surface area contributed by atoms with Crippen molar-refractivity contribution in [1.29, 1.82) is 0 Å². The molecule has 3 nitrogen and oxygen atoms in total. The minimum Gasteiger partial charge on any atom is -0.342 e. The Morgan fingerprint density at radius 2 is 1.86 bits per heavy atom. The van der Waals surface area contributed by atoms with E-state index in [2.05, 4.69) is 11.9 Å². The number of hydrogen-bond donors (Lipinski definition) is 0. The van der Waals surface area contributed by atoms with Gasteiger partial charge >= 0.3 is 0 Å². The van der Waals surface area contributed by atoms with Gasteiger partial charge in [-0.15, -0.1) is 0 Å². The highest BCUT2D eigenvalue weighted by atomic mass is 16.2. The third kappa shape index (κ3) is 2.08. The van der Waals surface area contributed by atoms with Gasteiger partial charge in [0.1, 0.15) is 0 Å². The molecule has 2 saturated heterocycles. The fraction of sp³-hybridized carbons (Fsp3) is 0.909. The first-order chi connectivity index (χ1) is 6.77. The van der Waals surface area contributed by atoms with Crippen LogP contribution < -0.4 is 0 Å². The molecule has 3 heteroatoms. The summed E-state index contributed by atoms with van der Waals surface area (Å²) in [5, 5.41) is 0. The maximum absolute atomic E-state index is 11.9. The zero-order valence-corrected chi connectivity index (χ0v) is 9.04. The summed E-state index contributed by atoms with van der Waals surface area (Å²) >= 11 is 0. The zero-order chi connectivity index (χ0) is 9.97. The highest BCUT2D eigenvalue weighted by Gasteiger charge is 2.28. The Kier molecular flexibility index (Phi) is 3.06. The van der Waals surface area contributed by atoms with E-state index in [1.165, 1.54) is 12.8 Å². The molecule has 80 valence electrons. The Labute approximate surface area is 86.1 Å². The Morgan fingerprint density at radius 3 is 2.50 bits per heavy atom. The number of carbonyl (C=O) groups excluding carboxylic acids is 1. The molecule has 0 unspecified atom stereocenters. The van der Waals surface area contributed by atoms with Gasteiger partial charge in [-0.05, 0) is 45.8 Å². The van der Waals surface area contributed by atoms with Crippen molar-refractivity contribution in [3.05, 3.63) is 0 Å². The molecule has 1 atom stereocenters. The van der Waals surface area contributed by atoms with E-state index in [1.807, 2.05) is 4.90 Å². The molecule has 0 aliphatic carbocycles. The first-order valence-electron chi connectivity index (χ1n) is 5.75. The van der Waals surface area contributed by atoms with Crippen molar-refractivity contribution in [2.45, 2.75) is 25.7 Å². The smallest absolute Gasteiger partial charge is 0.225 e. The summed E-state index contributed by atoms with van der Waals surface area (Å²) < 4.78 is 0. The van der Waals surface area contributed by atoms with Gasteiger partial charge < -0.3 is 9.80 Å². The number of likely N-dealkylation sites (tertiary alicyclic amines) is 2. The lowest BCUT2D eigenvalue weighted by Gasteiger charge is -2.33. The highest BCUT2D eigenvalue weighted by Crippen LogP contribution is 2.21. The van der Waals surface area contributed by atoms with Crippen LogP contribution in [0.25, 0.3) is 0 Å². The quantitative estimate of drug-likeness (QED) is 0.623. The van der Waals surface area contributed by atoms with E-state index in [0.29, 0.717) is 11.8 Å². The van der Waals surface area contributed by atoms with E-state index < -0.39 is 0 Å². The number of amides is 1. The molecule has 2 aliphatic heterocycles. The van der Waals surface area contributed by atoms with Crippen LogP contribution in [0, 0.1) is 5.92 Å². The Morgan fingerprint density at radius 1 is 1.07 bits per heavy atom. The maximum atomic E-state index is 11.9. The number of hydrogen-bond acceptors (Lipinski definition) is 2. The molecule has 0 radical (unpaired) electrons. The predicted octanol–water partition coefficient (Wildman–Crippen LogP) is 0.951. The molecule has 2 aliphatic rings. The summed E-state index contributed by atoms with van der Waals surface area (Å²) in [7, 11) is 2.15. The fourth-order valence-electron chi connectivity index (χ4n) is 2.28. The minimum atomic E-state index is 0.320. The molecular formula is C11H20N2O. The lowest BCUT2D eigenvalue weighted by Crippen LogP contribution is -2.45. The van der Waals surface area contributed by atoms with Gasteiger partial charge in [-0.25, -0.2) is 0 Å². The third-order valence-corrected chi connectivity index (χ3v) is 3.47. The van der Waals surface area contributed by atoms with Crippen LogP contribution in [0.2, 0.25) is 0 Å². The lowest BCUT2D eigenvalue weighted by atomic mass is 9.97. The predicted molar refractivity (Wildman–Crippen MR) is 56.0 cm³/mol. The largest absolute Gasteiger partial charge is 0.342 e. The van der Waals surface area contributed by atoms with E-state index in [9.17, 15) is 4.79 Å². The molecule has 0 aromatic heterocycles. The third-order valence-electron chi connectivity index (χ3n) is 3.47. The first-order valence-corrected chi connectivity index (χ1v) is 5.75. The monoisotopic (exact) mass is 196 g/mol. The van der Waals surface area contributed by atoms with Gasteiger partial charge in [-0.2, -0.15) is 0 Å². The van der Waals surface area contributed by atoms with Gasteiger partial charge in [-0.1, -0.05) is 0 Å². The van der Waals surface area contributed by atoms with E-state index in [0.717, 1.165) is 39.0 Å². The average molecular weight is 196 g/mol. The second-order valence-corrected chi connectivity index (χ2v) is 4.61. The van der Waals surface area contributed by atoms with Crippen molar-refractivity contribution in [3.63, 3.8) is 0 Å². The molecule has 0 aromatic carbocycles. The topological polar surface area (TPSA) is 23.6 Å². The van der Waals surface area contributed by atoms with Gasteiger partial charge in [0, 0.05) is 19.0 Å². The molecule has 0 bridgehead atoms. The summed E-state index contributed by atoms with van der Waals surface area (Å²) in [6.07, 6.45) is 4.55. The average Bonchev–Trinajstić information content (AvgIpc) is 2.26. The Hall–Kier alpha value is -0.570. The molecule has 2 heterocycles. The Bertz CT molecular complexity index is 213. The van der Waals surface area contributed by atoms with Crippen molar-refractivity contribution in [3.8, 4) is 0 Å². The van der Waals surface area contributed by atoms with Crippen LogP contribution in [0.1, 0.15) is 25.7 Å². The summed E-state index contributed by atoms with van der Waals surface area (Å²) in [6.45, 7) is 4.25. The fourth-order valence-corrected chi connectivity index (χ4v) is 2.28. The molecule has 0 aromatic rings. The minimum absolute atomic E-state index is 0.320. The van der Waals surface area contributed by atoms with E-state index in [1.54, 1.807) is 0 Å². The summed E-state index contributed by atoms with van der Waals surface area (Å²) in [4.78, 5) is 16.3. The molecule has 14 heavy (non-hydrogen) atoms. The standard InChI is InChI=1S/C11H20N2O/c1-12-6-2-4-10(5-9-12)11(14)13-7-3-8-13/h10H,2-9H2,1H3/t10-/m0/s1. The first kappa shape index (κ1) is 9.97. The van der Waals surface area contributed by atoms with Crippen molar-refractivity contribution >= 4 is 5.91 Å². The summed E-state index contributed by atoms with van der Waals surface area (Å²) in [5.74, 6) is 0.742. The highest BCUT2D eigenvalue weighted by molar-refractivity contribution is 5.79. The molecule has 2 rings (SSSR count). The number of nitrogens with zero attached hydrogens (tertiary/aromatic N) is 2. The van der Waals surface area contributed by atoms with E-state index in [4.69, 9.17) is 0 Å². The molecule has 2 fully saturated rings. The molecule has 0 N–H and O–H groups in total. The van der Waals surface area contributed by atoms with E-state index >= 15 is 0 Å². The van der Waals surface area contributed by atoms with Gasteiger partial charge in [0.05, 0.1) is 0 Å². The van der Waals surface area contributed by atoms with Crippen LogP contribution in [0.3, 0.4) is 0 Å². The van der Waals surface area contributed by atoms with Gasteiger partial charge in [0.2, 0.25) is 5.91 Å². The van der Waals surface area contributed by atoms with Crippen molar-refractivity contribution in [2.24, 2.45) is 5.92 Å². The maximum Gasteiger partial charge on any atom is 0.225 e. The van der Waals surface area contributed by atoms with Crippen molar-refractivity contribution in [1.82, 2.24) is 9.80 Å². The van der Waals surface area contributed by atoms with Crippen LogP contribution in [-0.4, -0.2) is 48.9 Å². The Balaban J connectivity index is 1.86. The van der Waals surface area contributed by atoms with Gasteiger partial charge in [0.25, 0.3) is 0 Å². The normalized spacial score (nSPS) is 29.5. The van der Waals surface area contributed by atoms with Crippen LogP contribution in [0.5, 0.6) is 0 Å². The van der Waals surface area contributed by atoms with Crippen molar-refractivity contribution in [2.75, 3.05) is 33.2 Å². The summed E-state index contributed by atoms with van der Waals surface area (Å²) in [5.41, 5.74) is 0. The second kappa shape index (κ2) is 4.30. The van der Waals surface area contributed by atoms with Gasteiger partial charge in [0.15, 0.2) is 0 Å². The lowest BCUT2D eigenvalue weighted by molar-refractivity contribution is -0.139. The van der Waals surface area contributed by atoms with Gasteiger partial charge in [-0.3, -0.25) is 4.79 Å². The molecule has 0 saturated carbocycles. The molecular weight excluding hydrogens is 176 g/mol. The van der Waals surface area contributed by atoms with Crippen LogP contribution in [-0.2, 0) is 4.79 Å². The van der Waals surface area contributed by atoms with Crippen LogP contribution in [0.15, 0.2) is 0 Å². The van der Waals surface area contributed by atoms with Crippen LogP contribution >= 0.6 is 0 Å². The molecule has 1 amide bonds. The zero-order valence-electron chi connectivity index (χ0n) is 9.04. The van der Waals surface area contributed by atoms with Crippen LogP contribution in [0.4, 0.5) is 0 Å². The van der Waals surface area contributed by atoms with E-state index in [-0.39, 0.29) is 0 Å². The number of carbonyl (C=O) groups is 1. The number of rotatable bonds is 1. The molecule has 0 spiro atoms. The SMILES string of the molecule is CN1CCC[C@H](C(=O)N2CCC2)CC1.